The summed E-state index contributed by atoms with van der Waals surface area (Å²) in [5.74, 6) is -0.0269. The molecule has 0 saturated carbocycles. The number of piperidine rings is 1. The molecule has 0 aliphatic carbocycles. The lowest BCUT2D eigenvalue weighted by Gasteiger charge is -2.30. The van der Waals surface area contributed by atoms with Crippen LogP contribution in [0.15, 0.2) is 6.07 Å². The zero-order valence-electron chi connectivity index (χ0n) is 10.6. The van der Waals surface area contributed by atoms with E-state index in [2.05, 4.69) is 9.97 Å². The molecule has 1 aromatic heterocycles. The Kier molecular flexibility index (Phi) is 3.64. The third-order valence-corrected chi connectivity index (χ3v) is 3.08. The highest BCUT2D eigenvalue weighted by atomic mass is 16.5. The lowest BCUT2D eigenvalue weighted by molar-refractivity contribution is -0.141. The quantitative estimate of drug-likeness (QED) is 0.866. The van der Waals surface area contributed by atoms with E-state index in [1.54, 1.807) is 13.2 Å². The Bertz CT molecular complexity index is 450. The minimum Gasteiger partial charge on any atom is -0.481 e. The molecular formula is C12H17N3O3. The fourth-order valence-corrected chi connectivity index (χ4v) is 2.13. The van der Waals surface area contributed by atoms with Crippen molar-refractivity contribution in [1.82, 2.24) is 9.97 Å². The summed E-state index contributed by atoms with van der Waals surface area (Å²) in [5.41, 5.74) is 0.814. The van der Waals surface area contributed by atoms with Crippen LogP contribution >= 0.6 is 0 Å². The topological polar surface area (TPSA) is 75.5 Å². The van der Waals surface area contributed by atoms with Crippen LogP contribution in [0.5, 0.6) is 5.88 Å². The number of aromatic nitrogens is 2. The molecule has 1 fully saturated rings. The third kappa shape index (κ3) is 2.69. The molecule has 1 aromatic rings. The summed E-state index contributed by atoms with van der Waals surface area (Å²) in [5, 5.41) is 9.07. The standard InChI is InChI=1S/C12H17N3O3/c1-8-6-10(18-2)14-12(13-8)15-5-3-4-9(7-15)11(16)17/h6,9H,3-5,7H2,1-2H3,(H,16,17). The molecule has 0 amide bonds. The van der Waals surface area contributed by atoms with Gasteiger partial charge in [-0.2, -0.15) is 4.98 Å². The summed E-state index contributed by atoms with van der Waals surface area (Å²) in [6.07, 6.45) is 1.56. The maximum atomic E-state index is 11.0. The van der Waals surface area contributed by atoms with Gasteiger partial charge in [0.15, 0.2) is 0 Å². The molecule has 0 radical (unpaired) electrons. The molecule has 98 valence electrons. The van der Waals surface area contributed by atoms with Crippen molar-refractivity contribution >= 4 is 11.9 Å². The number of methoxy groups -OCH3 is 1. The number of ether oxygens (including phenoxy) is 1. The van der Waals surface area contributed by atoms with Crippen molar-refractivity contribution in [3.05, 3.63) is 11.8 Å². The minimum atomic E-state index is -0.751. The average Bonchev–Trinajstić information content (AvgIpc) is 2.38. The van der Waals surface area contributed by atoms with Crippen LogP contribution in [0, 0.1) is 12.8 Å². The SMILES string of the molecule is COc1cc(C)nc(N2CCCC(C(=O)O)C2)n1. The largest absolute Gasteiger partial charge is 0.481 e. The summed E-state index contributed by atoms with van der Waals surface area (Å²) in [7, 11) is 1.56. The summed E-state index contributed by atoms with van der Waals surface area (Å²) < 4.78 is 5.11. The zero-order chi connectivity index (χ0) is 13.1. The van der Waals surface area contributed by atoms with Crippen molar-refractivity contribution in [3.8, 4) is 5.88 Å². The molecule has 2 rings (SSSR count). The first-order chi connectivity index (χ1) is 8.60. The molecular weight excluding hydrogens is 234 g/mol. The molecule has 1 atom stereocenters. The maximum absolute atomic E-state index is 11.0. The van der Waals surface area contributed by atoms with Crippen molar-refractivity contribution in [2.24, 2.45) is 5.92 Å². The van der Waals surface area contributed by atoms with Crippen molar-refractivity contribution in [1.29, 1.82) is 0 Å². The van der Waals surface area contributed by atoms with E-state index in [4.69, 9.17) is 9.84 Å². The van der Waals surface area contributed by atoms with Gasteiger partial charge in [0.1, 0.15) is 0 Å². The van der Waals surface area contributed by atoms with E-state index in [0.29, 0.717) is 18.4 Å². The lowest BCUT2D eigenvalue weighted by Crippen LogP contribution is -2.39. The van der Waals surface area contributed by atoms with Gasteiger partial charge >= 0.3 is 5.97 Å². The molecule has 1 unspecified atom stereocenters. The smallest absolute Gasteiger partial charge is 0.308 e. The average molecular weight is 251 g/mol. The summed E-state index contributed by atoms with van der Waals surface area (Å²) in [4.78, 5) is 21.6. The maximum Gasteiger partial charge on any atom is 0.308 e. The Morgan fingerprint density at radius 3 is 3.00 bits per heavy atom. The first-order valence-electron chi connectivity index (χ1n) is 5.97. The molecule has 1 saturated heterocycles. The molecule has 18 heavy (non-hydrogen) atoms. The molecule has 6 nitrogen and oxygen atoms in total. The van der Waals surface area contributed by atoms with E-state index < -0.39 is 5.97 Å². The van der Waals surface area contributed by atoms with E-state index in [1.165, 1.54) is 0 Å². The fraction of sp³-hybridized carbons (Fsp3) is 0.583. The number of anilines is 1. The zero-order valence-corrected chi connectivity index (χ0v) is 10.6. The summed E-state index contributed by atoms with van der Waals surface area (Å²) in [6, 6.07) is 1.75. The van der Waals surface area contributed by atoms with Gasteiger partial charge in [-0.3, -0.25) is 4.79 Å². The first kappa shape index (κ1) is 12.6. The number of hydrogen-bond donors (Lipinski definition) is 1. The van der Waals surface area contributed by atoms with Gasteiger partial charge in [-0.05, 0) is 19.8 Å². The van der Waals surface area contributed by atoms with E-state index >= 15 is 0 Å². The monoisotopic (exact) mass is 251 g/mol. The molecule has 6 heteroatoms. The Hall–Kier alpha value is -1.85. The van der Waals surface area contributed by atoms with Gasteiger partial charge in [0, 0.05) is 24.8 Å². The number of aryl methyl sites for hydroxylation is 1. The van der Waals surface area contributed by atoms with Crippen molar-refractivity contribution in [2.45, 2.75) is 19.8 Å². The highest BCUT2D eigenvalue weighted by Gasteiger charge is 2.27. The van der Waals surface area contributed by atoms with Gasteiger partial charge in [0.25, 0.3) is 0 Å². The van der Waals surface area contributed by atoms with Gasteiger partial charge in [0.2, 0.25) is 11.8 Å². The second-order valence-electron chi connectivity index (χ2n) is 4.48. The van der Waals surface area contributed by atoms with E-state index in [9.17, 15) is 4.79 Å². The van der Waals surface area contributed by atoms with Crippen LogP contribution in [0.1, 0.15) is 18.5 Å². The number of carbonyl (C=O) groups is 1. The number of carboxylic acids is 1. The highest BCUT2D eigenvalue weighted by molar-refractivity contribution is 5.71. The van der Waals surface area contributed by atoms with Gasteiger partial charge in [-0.1, -0.05) is 0 Å². The van der Waals surface area contributed by atoms with Gasteiger partial charge in [0.05, 0.1) is 13.0 Å². The van der Waals surface area contributed by atoms with E-state index in [1.807, 2.05) is 11.8 Å². The molecule has 1 aliphatic heterocycles. The van der Waals surface area contributed by atoms with Crippen LogP contribution in [-0.4, -0.2) is 41.2 Å². The second kappa shape index (κ2) is 5.20. The Morgan fingerprint density at radius 1 is 1.56 bits per heavy atom. The number of nitrogens with zero attached hydrogens (tertiary/aromatic N) is 3. The van der Waals surface area contributed by atoms with Crippen molar-refractivity contribution in [3.63, 3.8) is 0 Å². The fourth-order valence-electron chi connectivity index (χ4n) is 2.13. The minimum absolute atomic E-state index is 0.339. The van der Waals surface area contributed by atoms with Crippen LogP contribution in [0.3, 0.4) is 0 Å². The van der Waals surface area contributed by atoms with E-state index in [0.717, 1.165) is 25.1 Å². The number of aliphatic carboxylic acids is 1. The number of hydrogen-bond acceptors (Lipinski definition) is 5. The predicted octanol–water partition coefficient (Wildman–Crippen LogP) is 1.09. The third-order valence-electron chi connectivity index (χ3n) is 3.08. The molecule has 0 spiro atoms. The Labute approximate surface area is 106 Å². The van der Waals surface area contributed by atoms with Crippen LogP contribution in [-0.2, 0) is 4.79 Å². The van der Waals surface area contributed by atoms with Gasteiger partial charge in [-0.15, -0.1) is 0 Å². The summed E-state index contributed by atoms with van der Waals surface area (Å²) >= 11 is 0. The molecule has 0 aromatic carbocycles. The van der Waals surface area contributed by atoms with Crippen LogP contribution in [0.2, 0.25) is 0 Å². The summed E-state index contributed by atoms with van der Waals surface area (Å²) in [6.45, 7) is 3.12. The number of rotatable bonds is 3. The molecule has 1 aliphatic rings. The first-order valence-corrected chi connectivity index (χ1v) is 5.97. The van der Waals surface area contributed by atoms with Crippen LogP contribution < -0.4 is 9.64 Å². The van der Waals surface area contributed by atoms with Crippen molar-refractivity contribution in [2.75, 3.05) is 25.1 Å². The Morgan fingerprint density at radius 2 is 2.33 bits per heavy atom. The van der Waals surface area contributed by atoms with Gasteiger partial charge < -0.3 is 14.7 Å². The van der Waals surface area contributed by atoms with E-state index in [-0.39, 0.29) is 5.92 Å². The molecule has 2 heterocycles. The van der Waals surface area contributed by atoms with Crippen molar-refractivity contribution < 1.29 is 14.6 Å². The van der Waals surface area contributed by atoms with Crippen LogP contribution in [0.25, 0.3) is 0 Å². The Balaban J connectivity index is 2.20. The number of carboxylic acid groups (broad SMARTS) is 1. The van der Waals surface area contributed by atoms with Crippen LogP contribution in [0.4, 0.5) is 5.95 Å². The second-order valence-corrected chi connectivity index (χ2v) is 4.48. The molecule has 1 N–H and O–H groups in total. The lowest BCUT2D eigenvalue weighted by atomic mass is 9.99. The molecule has 0 bridgehead atoms. The highest BCUT2D eigenvalue weighted by Crippen LogP contribution is 2.22. The predicted molar refractivity (Wildman–Crippen MR) is 65.9 cm³/mol. The normalized spacial score (nSPS) is 19.7. The van der Waals surface area contributed by atoms with Gasteiger partial charge in [-0.25, -0.2) is 4.98 Å².